The number of H-pyrrole nitrogens is 1. The summed E-state index contributed by atoms with van der Waals surface area (Å²) in [5, 5.41) is 8.28. The van der Waals surface area contributed by atoms with Gasteiger partial charge in [0.15, 0.2) is 5.82 Å². The van der Waals surface area contributed by atoms with Gasteiger partial charge in [0.05, 0.1) is 31.5 Å². The van der Waals surface area contributed by atoms with Gasteiger partial charge in [0, 0.05) is 68.4 Å². The van der Waals surface area contributed by atoms with E-state index in [1.54, 1.807) is 58.3 Å². The Morgan fingerprint density at radius 2 is 1.73 bits per heavy atom. The van der Waals surface area contributed by atoms with Crippen molar-refractivity contribution < 1.29 is 27.8 Å². The van der Waals surface area contributed by atoms with Gasteiger partial charge in [-0.1, -0.05) is 35.6 Å². The molecule has 1 saturated heterocycles. The number of benzene rings is 3. The first-order valence-corrected chi connectivity index (χ1v) is 17.7. The first kappa shape index (κ1) is 33.4. The van der Waals surface area contributed by atoms with Crippen molar-refractivity contribution in [1.29, 1.82) is 0 Å². The van der Waals surface area contributed by atoms with E-state index in [1.165, 1.54) is 6.07 Å². The van der Waals surface area contributed by atoms with Crippen LogP contribution in [0.15, 0.2) is 73.1 Å². The summed E-state index contributed by atoms with van der Waals surface area (Å²) in [7, 11) is 1.58. The molecule has 4 heterocycles. The molecule has 13 heteroatoms. The third-order valence-corrected chi connectivity index (χ3v) is 10.0. The smallest absolute Gasteiger partial charge is 0.270 e. The zero-order valence-electron chi connectivity index (χ0n) is 28.9. The number of aromatic nitrogens is 4. The quantitative estimate of drug-likeness (QED) is 0.192. The second kappa shape index (κ2) is 14.1. The van der Waals surface area contributed by atoms with Crippen LogP contribution in [0.4, 0.5) is 14.5 Å². The van der Waals surface area contributed by atoms with Crippen LogP contribution < -0.4 is 14.4 Å². The number of nitrogens with zero attached hydrogens (tertiary/aromatic N) is 6. The molecule has 0 spiro atoms. The van der Waals surface area contributed by atoms with Crippen LogP contribution in [-0.4, -0.2) is 94.1 Å². The third-order valence-electron chi connectivity index (χ3n) is 10.0. The zero-order valence-corrected chi connectivity index (χ0v) is 28.9. The fraction of sp³-hybridized carbons (Fsp3) is 0.333. The molecule has 268 valence electrons. The Hall–Kier alpha value is -5.72. The lowest BCUT2D eigenvalue weighted by atomic mass is 9.93. The molecule has 0 unspecified atom stereocenters. The standard InChI is InChI=1S/C39H39F2N7O4/c1-51-33-9-3-2-7-27(33)29-22-28(25-6-5-15-47(24-25)35(49)13-16-48-17-14-42-44-48)36(41)37-30(29)23-32(43-37)39(50)46-20-18-45(19-21-46)38-31(40)8-4-10-34(38)52-26-11-12-26/h2-4,6-10,14,17,22-23,26,43H,5,11-13,15-16,18-21,24H2,1H3. The van der Waals surface area contributed by atoms with Gasteiger partial charge in [-0.05, 0) is 60.7 Å². The van der Waals surface area contributed by atoms with Crippen LogP contribution in [0.5, 0.6) is 11.5 Å². The molecule has 0 radical (unpaired) electrons. The van der Waals surface area contributed by atoms with Gasteiger partial charge < -0.3 is 29.2 Å². The van der Waals surface area contributed by atoms with Crippen molar-refractivity contribution in [2.75, 3.05) is 51.3 Å². The number of para-hydroxylation sites is 2. The Morgan fingerprint density at radius 3 is 2.50 bits per heavy atom. The lowest BCUT2D eigenvalue weighted by molar-refractivity contribution is -0.131. The van der Waals surface area contributed by atoms with Gasteiger partial charge in [-0.2, -0.15) is 0 Å². The molecular formula is C39H39F2N7O4. The Labute approximate surface area is 299 Å². The van der Waals surface area contributed by atoms with E-state index in [0.29, 0.717) is 85.0 Å². The topological polar surface area (TPSA) is 109 Å². The second-order valence-electron chi connectivity index (χ2n) is 13.4. The average molecular weight is 708 g/mol. The summed E-state index contributed by atoms with van der Waals surface area (Å²) >= 11 is 0. The largest absolute Gasteiger partial charge is 0.496 e. The molecule has 52 heavy (non-hydrogen) atoms. The number of halogens is 2. The van der Waals surface area contributed by atoms with E-state index in [1.807, 2.05) is 35.2 Å². The summed E-state index contributed by atoms with van der Waals surface area (Å²) in [6.45, 7) is 2.72. The van der Waals surface area contributed by atoms with E-state index in [0.717, 1.165) is 18.4 Å². The van der Waals surface area contributed by atoms with E-state index in [4.69, 9.17) is 9.47 Å². The minimum atomic E-state index is -0.497. The summed E-state index contributed by atoms with van der Waals surface area (Å²) in [5.74, 6) is -0.0407. The first-order chi connectivity index (χ1) is 25.4. The van der Waals surface area contributed by atoms with Gasteiger partial charge in [0.25, 0.3) is 5.91 Å². The highest BCUT2D eigenvalue weighted by Gasteiger charge is 2.31. The van der Waals surface area contributed by atoms with Crippen molar-refractivity contribution in [2.24, 2.45) is 0 Å². The molecule has 2 amide bonds. The van der Waals surface area contributed by atoms with E-state index < -0.39 is 5.82 Å². The molecule has 0 atom stereocenters. The SMILES string of the molecule is COc1ccccc1-c1cc(C2=CCCN(C(=O)CCn3ccnn3)C2)c(F)c2[nH]c(C(=O)N3CCN(c4c(F)cccc4OC4CC4)CC3)cc12. The number of methoxy groups -OCH3 is 1. The summed E-state index contributed by atoms with van der Waals surface area (Å²) in [5.41, 5.74) is 3.36. The van der Waals surface area contributed by atoms with Crippen molar-refractivity contribution in [3.63, 3.8) is 0 Å². The van der Waals surface area contributed by atoms with E-state index in [-0.39, 0.29) is 47.9 Å². The monoisotopic (exact) mass is 707 g/mol. The van der Waals surface area contributed by atoms with Crippen LogP contribution in [0.1, 0.15) is 41.7 Å². The number of hydrogen-bond acceptors (Lipinski definition) is 7. The van der Waals surface area contributed by atoms with Crippen molar-refractivity contribution >= 4 is 34.0 Å². The lowest BCUT2D eigenvalue weighted by Gasteiger charge is -2.36. The lowest BCUT2D eigenvalue weighted by Crippen LogP contribution is -2.49. The molecule has 2 fully saturated rings. The number of rotatable bonds is 10. The average Bonchev–Trinajstić information content (AvgIpc) is 3.61. The van der Waals surface area contributed by atoms with E-state index in [9.17, 15) is 9.59 Å². The van der Waals surface area contributed by atoms with Crippen LogP contribution in [-0.2, 0) is 11.3 Å². The highest BCUT2D eigenvalue weighted by atomic mass is 19.1. The van der Waals surface area contributed by atoms with Gasteiger partial charge >= 0.3 is 0 Å². The molecule has 1 aliphatic carbocycles. The van der Waals surface area contributed by atoms with Gasteiger partial charge in [-0.15, -0.1) is 5.10 Å². The summed E-state index contributed by atoms with van der Waals surface area (Å²) < 4.78 is 45.1. The minimum absolute atomic E-state index is 0.0536. The highest BCUT2D eigenvalue weighted by molar-refractivity contribution is 6.05. The fourth-order valence-electron chi connectivity index (χ4n) is 7.14. The number of ether oxygens (including phenoxy) is 2. The minimum Gasteiger partial charge on any atom is -0.496 e. The number of fused-ring (bicyclic) bond motifs is 1. The number of aryl methyl sites for hydroxylation is 1. The van der Waals surface area contributed by atoms with Crippen LogP contribution in [0.3, 0.4) is 0 Å². The molecule has 3 aromatic carbocycles. The molecular weight excluding hydrogens is 668 g/mol. The molecule has 5 aromatic rings. The third kappa shape index (κ3) is 6.58. The number of hydrogen-bond donors (Lipinski definition) is 1. The zero-order chi connectivity index (χ0) is 35.8. The molecule has 2 aliphatic heterocycles. The number of carbonyl (C=O) groups excluding carboxylic acids is 2. The number of amides is 2. The summed E-state index contributed by atoms with van der Waals surface area (Å²) in [6, 6.07) is 15.9. The Morgan fingerprint density at radius 1 is 0.923 bits per heavy atom. The number of carbonyl (C=O) groups is 2. The highest BCUT2D eigenvalue weighted by Crippen LogP contribution is 2.41. The van der Waals surface area contributed by atoms with Gasteiger partial charge in [0.2, 0.25) is 5.91 Å². The predicted octanol–water partition coefficient (Wildman–Crippen LogP) is 5.92. The van der Waals surface area contributed by atoms with Crippen molar-refractivity contribution in [1.82, 2.24) is 29.8 Å². The van der Waals surface area contributed by atoms with Gasteiger partial charge in [-0.25, -0.2) is 8.78 Å². The predicted molar refractivity (Wildman–Crippen MR) is 192 cm³/mol. The molecule has 11 nitrogen and oxygen atoms in total. The first-order valence-electron chi connectivity index (χ1n) is 17.7. The molecule has 0 bridgehead atoms. The Balaban J connectivity index is 1.08. The Kier molecular flexibility index (Phi) is 9.08. The fourth-order valence-corrected chi connectivity index (χ4v) is 7.14. The summed E-state index contributed by atoms with van der Waals surface area (Å²) in [4.78, 5) is 35.7. The van der Waals surface area contributed by atoms with Crippen molar-refractivity contribution in [3.8, 4) is 22.6 Å². The van der Waals surface area contributed by atoms with Crippen LogP contribution in [0.2, 0.25) is 0 Å². The number of anilines is 1. The molecule has 3 aliphatic rings. The van der Waals surface area contributed by atoms with E-state index in [2.05, 4.69) is 15.3 Å². The van der Waals surface area contributed by atoms with Crippen LogP contribution in [0, 0.1) is 11.6 Å². The maximum Gasteiger partial charge on any atom is 0.270 e. The summed E-state index contributed by atoms with van der Waals surface area (Å²) in [6.07, 6.45) is 8.13. The van der Waals surface area contributed by atoms with Crippen molar-refractivity contribution in [3.05, 3.63) is 96.0 Å². The molecule has 2 aromatic heterocycles. The van der Waals surface area contributed by atoms with Gasteiger partial charge in [-0.3, -0.25) is 14.3 Å². The van der Waals surface area contributed by atoms with Gasteiger partial charge in [0.1, 0.15) is 28.7 Å². The number of nitrogens with one attached hydrogen (secondary N) is 1. The Bertz CT molecular complexity index is 2150. The molecule has 1 N–H and O–H groups in total. The maximum atomic E-state index is 16.7. The number of aromatic amines is 1. The van der Waals surface area contributed by atoms with E-state index >= 15 is 8.78 Å². The number of piperazine rings is 1. The van der Waals surface area contributed by atoms with Crippen molar-refractivity contribution in [2.45, 2.75) is 38.3 Å². The van der Waals surface area contributed by atoms with Crippen LogP contribution in [0.25, 0.3) is 27.6 Å². The molecule has 8 rings (SSSR count). The maximum absolute atomic E-state index is 16.7. The normalized spacial score (nSPS) is 16.3. The second-order valence-corrected chi connectivity index (χ2v) is 13.4. The molecule has 1 saturated carbocycles. The van der Waals surface area contributed by atoms with Crippen LogP contribution >= 0.6 is 0 Å².